The summed E-state index contributed by atoms with van der Waals surface area (Å²) in [6.07, 6.45) is 1.14. The SMILES string of the molecule is COc1ccc(C(=O)N(C)c2ccc(N(C)S(C)(=O)=O)cc2)cc1. The lowest BCUT2D eigenvalue weighted by molar-refractivity contribution is 0.0993. The van der Waals surface area contributed by atoms with E-state index >= 15 is 0 Å². The normalized spacial score (nSPS) is 11.0. The maximum Gasteiger partial charge on any atom is 0.258 e. The van der Waals surface area contributed by atoms with Crippen molar-refractivity contribution in [2.24, 2.45) is 0 Å². The van der Waals surface area contributed by atoms with Crippen molar-refractivity contribution in [3.8, 4) is 5.75 Å². The van der Waals surface area contributed by atoms with Gasteiger partial charge in [-0.25, -0.2) is 8.42 Å². The number of hydrogen-bond acceptors (Lipinski definition) is 4. The molecule has 2 aromatic carbocycles. The first-order valence-electron chi connectivity index (χ1n) is 7.20. The number of carbonyl (C=O) groups excluding carboxylic acids is 1. The van der Waals surface area contributed by atoms with Crippen molar-refractivity contribution in [2.45, 2.75) is 0 Å². The van der Waals surface area contributed by atoms with Crippen molar-refractivity contribution in [2.75, 3.05) is 36.7 Å². The fourth-order valence-electron chi connectivity index (χ4n) is 2.12. The second kappa shape index (κ2) is 6.92. The van der Waals surface area contributed by atoms with Gasteiger partial charge >= 0.3 is 0 Å². The van der Waals surface area contributed by atoms with Gasteiger partial charge in [-0.3, -0.25) is 9.10 Å². The Hall–Kier alpha value is -2.54. The summed E-state index contributed by atoms with van der Waals surface area (Å²) in [5.74, 6) is 0.518. The lowest BCUT2D eigenvalue weighted by Crippen LogP contribution is -2.27. The van der Waals surface area contributed by atoms with E-state index in [9.17, 15) is 13.2 Å². The number of methoxy groups -OCH3 is 1. The van der Waals surface area contributed by atoms with Gasteiger partial charge < -0.3 is 9.64 Å². The van der Waals surface area contributed by atoms with E-state index in [1.54, 1.807) is 62.7 Å². The molecule has 6 nitrogen and oxygen atoms in total. The molecule has 0 atom stereocenters. The maximum absolute atomic E-state index is 12.5. The predicted octanol–water partition coefficient (Wildman–Crippen LogP) is 2.37. The topological polar surface area (TPSA) is 66.9 Å². The first-order valence-corrected chi connectivity index (χ1v) is 9.05. The standard InChI is InChI=1S/C17H20N2O4S/c1-18(17(20)13-5-11-16(23-3)12-6-13)14-7-9-15(10-8-14)19(2)24(4,21)22/h5-12H,1-4H3. The number of sulfonamides is 1. The minimum absolute atomic E-state index is 0.165. The zero-order valence-corrected chi connectivity index (χ0v) is 14.9. The molecule has 0 heterocycles. The Morgan fingerprint density at radius 3 is 1.88 bits per heavy atom. The van der Waals surface area contributed by atoms with Crippen LogP contribution in [0.1, 0.15) is 10.4 Å². The van der Waals surface area contributed by atoms with E-state index in [-0.39, 0.29) is 5.91 Å². The average molecular weight is 348 g/mol. The van der Waals surface area contributed by atoms with E-state index in [2.05, 4.69) is 0 Å². The van der Waals surface area contributed by atoms with Crippen LogP contribution in [0, 0.1) is 0 Å². The molecule has 0 aromatic heterocycles. The van der Waals surface area contributed by atoms with E-state index in [0.29, 0.717) is 22.7 Å². The van der Waals surface area contributed by atoms with Crippen molar-refractivity contribution in [1.82, 2.24) is 0 Å². The number of nitrogens with zero attached hydrogens (tertiary/aromatic N) is 2. The Balaban J connectivity index is 2.19. The first-order chi connectivity index (χ1) is 11.2. The quantitative estimate of drug-likeness (QED) is 0.832. The highest BCUT2D eigenvalue weighted by Gasteiger charge is 2.15. The zero-order valence-electron chi connectivity index (χ0n) is 14.1. The molecule has 2 rings (SSSR count). The third kappa shape index (κ3) is 3.86. The van der Waals surface area contributed by atoms with E-state index < -0.39 is 10.0 Å². The van der Waals surface area contributed by atoms with Crippen molar-refractivity contribution >= 4 is 27.3 Å². The molecule has 0 saturated heterocycles. The molecule has 2 aromatic rings. The van der Waals surface area contributed by atoms with Crippen LogP contribution in [0.15, 0.2) is 48.5 Å². The summed E-state index contributed by atoms with van der Waals surface area (Å²) in [6, 6.07) is 13.6. The predicted molar refractivity (Wildman–Crippen MR) is 95.4 cm³/mol. The molecule has 1 amide bonds. The monoisotopic (exact) mass is 348 g/mol. The minimum atomic E-state index is -3.31. The summed E-state index contributed by atoms with van der Waals surface area (Å²) in [7, 11) is 1.40. The lowest BCUT2D eigenvalue weighted by atomic mass is 10.1. The van der Waals surface area contributed by atoms with Gasteiger partial charge in [0.1, 0.15) is 5.75 Å². The smallest absolute Gasteiger partial charge is 0.258 e. The summed E-state index contributed by atoms with van der Waals surface area (Å²) < 4.78 is 29.4. The van der Waals surface area contributed by atoms with Crippen LogP contribution in [0.3, 0.4) is 0 Å². The number of benzene rings is 2. The molecule has 0 aliphatic heterocycles. The zero-order chi connectivity index (χ0) is 17.9. The number of amides is 1. The molecule has 0 unspecified atom stereocenters. The van der Waals surface area contributed by atoms with Gasteiger partial charge in [0.25, 0.3) is 5.91 Å². The summed E-state index contributed by atoms with van der Waals surface area (Å²) in [6.45, 7) is 0. The van der Waals surface area contributed by atoms with E-state index in [4.69, 9.17) is 4.74 Å². The van der Waals surface area contributed by atoms with Gasteiger partial charge in [-0.05, 0) is 48.5 Å². The maximum atomic E-state index is 12.5. The van der Waals surface area contributed by atoms with Gasteiger partial charge in [0.15, 0.2) is 0 Å². The van der Waals surface area contributed by atoms with E-state index in [0.717, 1.165) is 6.26 Å². The molecule has 0 fully saturated rings. The molecular weight excluding hydrogens is 328 g/mol. The van der Waals surface area contributed by atoms with Crippen LogP contribution < -0.4 is 13.9 Å². The van der Waals surface area contributed by atoms with Gasteiger partial charge in [-0.2, -0.15) is 0 Å². The number of carbonyl (C=O) groups is 1. The summed E-state index contributed by atoms with van der Waals surface area (Å²) in [5, 5.41) is 0. The van der Waals surface area contributed by atoms with Gasteiger partial charge in [0.05, 0.1) is 19.1 Å². The Kier molecular flexibility index (Phi) is 5.14. The number of hydrogen-bond donors (Lipinski definition) is 0. The Bertz CT molecular complexity index is 815. The third-order valence-corrected chi connectivity index (χ3v) is 4.95. The summed E-state index contributed by atoms with van der Waals surface area (Å²) in [4.78, 5) is 14.0. The van der Waals surface area contributed by atoms with Crippen LogP contribution in [-0.4, -0.2) is 41.8 Å². The molecule has 0 radical (unpaired) electrons. The molecular formula is C17H20N2O4S. The first kappa shape index (κ1) is 17.8. The fraction of sp³-hybridized carbons (Fsp3) is 0.235. The molecule has 128 valence electrons. The number of anilines is 2. The lowest BCUT2D eigenvalue weighted by Gasteiger charge is -2.20. The molecule has 0 aliphatic rings. The molecule has 0 saturated carbocycles. The van der Waals surface area contributed by atoms with Crippen molar-refractivity contribution in [1.29, 1.82) is 0 Å². The molecule has 0 spiro atoms. The molecule has 24 heavy (non-hydrogen) atoms. The Morgan fingerprint density at radius 1 is 0.917 bits per heavy atom. The van der Waals surface area contributed by atoms with E-state index in [1.165, 1.54) is 16.3 Å². The Morgan fingerprint density at radius 2 is 1.42 bits per heavy atom. The average Bonchev–Trinajstić information content (AvgIpc) is 2.59. The van der Waals surface area contributed by atoms with Gasteiger partial charge in [-0.1, -0.05) is 0 Å². The van der Waals surface area contributed by atoms with Crippen molar-refractivity contribution in [3.05, 3.63) is 54.1 Å². The van der Waals surface area contributed by atoms with Gasteiger partial charge in [0, 0.05) is 25.3 Å². The molecule has 0 N–H and O–H groups in total. The number of rotatable bonds is 5. The van der Waals surface area contributed by atoms with E-state index in [1.807, 2.05) is 0 Å². The summed E-state index contributed by atoms with van der Waals surface area (Å²) in [5.41, 5.74) is 1.74. The van der Waals surface area contributed by atoms with Gasteiger partial charge in [0.2, 0.25) is 10.0 Å². The van der Waals surface area contributed by atoms with Crippen LogP contribution in [0.4, 0.5) is 11.4 Å². The molecule has 7 heteroatoms. The minimum Gasteiger partial charge on any atom is -0.497 e. The largest absolute Gasteiger partial charge is 0.497 e. The highest BCUT2D eigenvalue weighted by Crippen LogP contribution is 2.22. The molecule has 0 bridgehead atoms. The third-order valence-electron chi connectivity index (χ3n) is 3.74. The van der Waals surface area contributed by atoms with Crippen LogP contribution in [-0.2, 0) is 10.0 Å². The Labute approximate surface area is 142 Å². The van der Waals surface area contributed by atoms with Crippen LogP contribution in [0.5, 0.6) is 5.75 Å². The second-order valence-corrected chi connectivity index (χ2v) is 7.35. The van der Waals surface area contributed by atoms with Crippen molar-refractivity contribution < 1.29 is 17.9 Å². The van der Waals surface area contributed by atoms with Crippen LogP contribution in [0.25, 0.3) is 0 Å². The summed E-state index contributed by atoms with van der Waals surface area (Å²) >= 11 is 0. The van der Waals surface area contributed by atoms with Crippen molar-refractivity contribution in [3.63, 3.8) is 0 Å². The fourth-order valence-corrected chi connectivity index (χ4v) is 2.63. The van der Waals surface area contributed by atoms with Crippen LogP contribution >= 0.6 is 0 Å². The van der Waals surface area contributed by atoms with Gasteiger partial charge in [-0.15, -0.1) is 0 Å². The van der Waals surface area contributed by atoms with Crippen LogP contribution in [0.2, 0.25) is 0 Å². The highest BCUT2D eigenvalue weighted by molar-refractivity contribution is 7.92. The number of ether oxygens (including phenoxy) is 1. The highest BCUT2D eigenvalue weighted by atomic mass is 32.2. The second-order valence-electron chi connectivity index (χ2n) is 5.34. The molecule has 0 aliphatic carbocycles.